The van der Waals surface area contributed by atoms with Crippen molar-refractivity contribution in [3.63, 3.8) is 0 Å². The third-order valence-corrected chi connectivity index (χ3v) is 4.21. The molecule has 1 aromatic heterocycles. The minimum absolute atomic E-state index is 0.180. The van der Waals surface area contributed by atoms with Gasteiger partial charge in [-0.25, -0.2) is 4.39 Å². The minimum atomic E-state index is -0.181. The fourth-order valence-corrected chi connectivity index (χ4v) is 2.92. The molecule has 5 heteroatoms. The Labute approximate surface area is 132 Å². The average Bonchev–Trinajstić information content (AvgIpc) is 2.50. The highest BCUT2D eigenvalue weighted by atomic mass is 79.9. The summed E-state index contributed by atoms with van der Waals surface area (Å²) in [5, 5.41) is 3.39. The lowest BCUT2D eigenvalue weighted by atomic mass is 10.0. The van der Waals surface area contributed by atoms with E-state index in [9.17, 15) is 4.39 Å². The number of aromatic nitrogens is 1. The first-order valence-electron chi connectivity index (χ1n) is 7.03. The molecule has 21 heavy (non-hydrogen) atoms. The summed E-state index contributed by atoms with van der Waals surface area (Å²) in [5.74, 6) is -0.181. The van der Waals surface area contributed by atoms with Crippen molar-refractivity contribution in [1.82, 2.24) is 15.2 Å². The molecule has 0 saturated carbocycles. The molecule has 1 fully saturated rings. The summed E-state index contributed by atoms with van der Waals surface area (Å²) in [7, 11) is 0. The Bertz CT molecular complexity index is 603. The van der Waals surface area contributed by atoms with Crippen LogP contribution in [-0.4, -0.2) is 29.5 Å². The summed E-state index contributed by atoms with van der Waals surface area (Å²) >= 11 is 3.40. The molecular formula is C16H17BrFN3. The molecule has 0 aliphatic carbocycles. The van der Waals surface area contributed by atoms with E-state index in [-0.39, 0.29) is 11.9 Å². The summed E-state index contributed by atoms with van der Waals surface area (Å²) in [6, 6.07) is 11.1. The van der Waals surface area contributed by atoms with Crippen molar-refractivity contribution in [3.05, 3.63) is 64.1 Å². The molecule has 1 aromatic carbocycles. The second-order valence-electron chi connectivity index (χ2n) is 5.21. The molecule has 0 amide bonds. The third kappa shape index (κ3) is 3.67. The monoisotopic (exact) mass is 349 g/mol. The fraction of sp³-hybridized carbons (Fsp3) is 0.312. The van der Waals surface area contributed by atoms with Crippen molar-refractivity contribution in [3.8, 4) is 0 Å². The van der Waals surface area contributed by atoms with Crippen LogP contribution in [0.5, 0.6) is 0 Å². The first kappa shape index (κ1) is 14.6. The smallest absolute Gasteiger partial charge is 0.123 e. The van der Waals surface area contributed by atoms with E-state index in [0.29, 0.717) is 0 Å². The average molecular weight is 350 g/mol. The van der Waals surface area contributed by atoms with Crippen LogP contribution in [0.3, 0.4) is 0 Å². The van der Waals surface area contributed by atoms with Gasteiger partial charge in [0, 0.05) is 42.9 Å². The maximum atomic E-state index is 13.5. The number of nitrogens with zero attached hydrogens (tertiary/aromatic N) is 2. The van der Waals surface area contributed by atoms with Gasteiger partial charge in [0.25, 0.3) is 0 Å². The molecule has 2 heterocycles. The maximum absolute atomic E-state index is 13.5. The molecule has 1 atom stereocenters. The van der Waals surface area contributed by atoms with Gasteiger partial charge in [0.15, 0.2) is 0 Å². The zero-order chi connectivity index (χ0) is 14.7. The van der Waals surface area contributed by atoms with Crippen LogP contribution in [0.15, 0.2) is 47.1 Å². The number of hydrogen-bond acceptors (Lipinski definition) is 3. The Kier molecular flexibility index (Phi) is 4.63. The second-order valence-corrected chi connectivity index (χ2v) is 6.13. The number of rotatable bonds is 3. The van der Waals surface area contributed by atoms with Gasteiger partial charge in [0.05, 0.1) is 5.69 Å². The summed E-state index contributed by atoms with van der Waals surface area (Å²) in [5.41, 5.74) is 2.04. The Morgan fingerprint density at radius 3 is 3.00 bits per heavy atom. The zero-order valence-corrected chi connectivity index (χ0v) is 13.2. The topological polar surface area (TPSA) is 28.2 Å². The van der Waals surface area contributed by atoms with E-state index >= 15 is 0 Å². The zero-order valence-electron chi connectivity index (χ0n) is 11.6. The molecule has 3 rings (SSSR count). The third-order valence-electron chi connectivity index (χ3n) is 3.74. The van der Waals surface area contributed by atoms with Gasteiger partial charge in [-0.2, -0.15) is 0 Å². The largest absolute Gasteiger partial charge is 0.314 e. The van der Waals surface area contributed by atoms with E-state index in [0.717, 1.165) is 41.9 Å². The SMILES string of the molecule is Fc1cccc(C2CNCCN2Cc2ccc(Br)cn2)c1. The molecule has 2 aromatic rings. The highest BCUT2D eigenvalue weighted by molar-refractivity contribution is 9.10. The lowest BCUT2D eigenvalue weighted by Crippen LogP contribution is -2.45. The number of hydrogen-bond donors (Lipinski definition) is 1. The number of piperazine rings is 1. The lowest BCUT2D eigenvalue weighted by Gasteiger charge is -2.36. The molecule has 1 N–H and O–H groups in total. The molecule has 0 bridgehead atoms. The Morgan fingerprint density at radius 2 is 2.24 bits per heavy atom. The molecule has 1 unspecified atom stereocenters. The van der Waals surface area contributed by atoms with E-state index in [1.807, 2.05) is 24.4 Å². The number of halogens is 2. The standard InChI is InChI=1S/C16H17BrFN3/c17-13-4-5-15(20-9-13)11-21-7-6-19-10-16(21)12-2-1-3-14(18)8-12/h1-5,8-9,16,19H,6-7,10-11H2. The van der Waals surface area contributed by atoms with E-state index in [4.69, 9.17) is 0 Å². The van der Waals surface area contributed by atoms with Gasteiger partial charge in [-0.3, -0.25) is 9.88 Å². The van der Waals surface area contributed by atoms with E-state index in [1.54, 1.807) is 12.1 Å². The number of nitrogens with one attached hydrogen (secondary N) is 1. The summed E-state index contributed by atoms with van der Waals surface area (Å²) in [6.07, 6.45) is 1.81. The second kappa shape index (κ2) is 6.64. The van der Waals surface area contributed by atoms with Gasteiger partial charge in [0.1, 0.15) is 5.82 Å². The van der Waals surface area contributed by atoms with E-state index < -0.39 is 0 Å². The first-order valence-corrected chi connectivity index (χ1v) is 7.82. The van der Waals surface area contributed by atoms with Crippen LogP contribution in [0.4, 0.5) is 4.39 Å². The van der Waals surface area contributed by atoms with Gasteiger partial charge in [-0.05, 0) is 45.8 Å². The predicted molar refractivity (Wildman–Crippen MR) is 84.4 cm³/mol. The highest BCUT2D eigenvalue weighted by Crippen LogP contribution is 2.24. The highest BCUT2D eigenvalue weighted by Gasteiger charge is 2.24. The van der Waals surface area contributed by atoms with Crippen LogP contribution in [-0.2, 0) is 6.54 Å². The Balaban J connectivity index is 1.79. The van der Waals surface area contributed by atoms with Crippen molar-refractivity contribution in [2.45, 2.75) is 12.6 Å². The van der Waals surface area contributed by atoms with Gasteiger partial charge in [-0.1, -0.05) is 12.1 Å². The minimum Gasteiger partial charge on any atom is -0.314 e. The predicted octanol–water partition coefficient (Wildman–Crippen LogP) is 3.13. The molecular weight excluding hydrogens is 333 g/mol. The van der Waals surface area contributed by atoms with Crippen molar-refractivity contribution in [2.75, 3.05) is 19.6 Å². The van der Waals surface area contributed by atoms with Crippen molar-refractivity contribution in [1.29, 1.82) is 0 Å². The van der Waals surface area contributed by atoms with Crippen LogP contribution in [0.25, 0.3) is 0 Å². The first-order chi connectivity index (χ1) is 10.2. The van der Waals surface area contributed by atoms with E-state index in [1.165, 1.54) is 6.07 Å². The van der Waals surface area contributed by atoms with Gasteiger partial charge in [-0.15, -0.1) is 0 Å². The van der Waals surface area contributed by atoms with E-state index in [2.05, 4.69) is 31.1 Å². The molecule has 110 valence electrons. The quantitative estimate of drug-likeness (QED) is 0.922. The van der Waals surface area contributed by atoms with Crippen molar-refractivity contribution < 1.29 is 4.39 Å². The summed E-state index contributed by atoms with van der Waals surface area (Å²) < 4.78 is 14.4. The molecule has 0 spiro atoms. The van der Waals surface area contributed by atoms with Crippen LogP contribution < -0.4 is 5.32 Å². The summed E-state index contributed by atoms with van der Waals surface area (Å²) in [6.45, 7) is 3.48. The Hall–Kier alpha value is -1.30. The lowest BCUT2D eigenvalue weighted by molar-refractivity contribution is 0.151. The molecule has 1 aliphatic heterocycles. The van der Waals surface area contributed by atoms with Crippen LogP contribution in [0.2, 0.25) is 0 Å². The van der Waals surface area contributed by atoms with Crippen molar-refractivity contribution in [2.24, 2.45) is 0 Å². The maximum Gasteiger partial charge on any atom is 0.123 e. The normalized spacial score (nSPS) is 19.6. The Morgan fingerprint density at radius 1 is 1.33 bits per heavy atom. The van der Waals surface area contributed by atoms with Gasteiger partial charge >= 0.3 is 0 Å². The van der Waals surface area contributed by atoms with Gasteiger partial charge < -0.3 is 5.32 Å². The van der Waals surface area contributed by atoms with Crippen LogP contribution in [0.1, 0.15) is 17.3 Å². The fourth-order valence-electron chi connectivity index (χ4n) is 2.69. The molecule has 0 radical (unpaired) electrons. The van der Waals surface area contributed by atoms with Crippen LogP contribution in [0, 0.1) is 5.82 Å². The van der Waals surface area contributed by atoms with Crippen molar-refractivity contribution >= 4 is 15.9 Å². The van der Waals surface area contributed by atoms with Gasteiger partial charge in [0.2, 0.25) is 0 Å². The molecule has 3 nitrogen and oxygen atoms in total. The summed E-state index contributed by atoms with van der Waals surface area (Å²) in [4.78, 5) is 6.78. The van der Waals surface area contributed by atoms with Crippen LogP contribution >= 0.6 is 15.9 Å². The number of benzene rings is 1. The molecule has 1 saturated heterocycles. The number of pyridine rings is 1. The molecule has 1 aliphatic rings.